The zero-order valence-electron chi connectivity index (χ0n) is 13.2. The lowest BCUT2D eigenvalue weighted by molar-refractivity contribution is -0.129. The minimum atomic E-state index is -0.433. The Bertz CT molecular complexity index is 753. The van der Waals surface area contributed by atoms with Crippen LogP contribution in [0.25, 0.3) is 0 Å². The van der Waals surface area contributed by atoms with Crippen molar-refractivity contribution in [1.29, 1.82) is 0 Å². The van der Waals surface area contributed by atoms with Crippen LogP contribution in [-0.2, 0) is 11.2 Å². The van der Waals surface area contributed by atoms with Crippen LogP contribution < -0.4 is 0 Å². The van der Waals surface area contributed by atoms with E-state index in [1.54, 1.807) is 17.0 Å². The van der Waals surface area contributed by atoms with Gasteiger partial charge in [-0.1, -0.05) is 22.9 Å². The van der Waals surface area contributed by atoms with Crippen LogP contribution >= 0.6 is 11.6 Å². The minimum Gasteiger partial charge on any atom is -0.340 e. The molecule has 1 atom stereocenters. The maximum Gasteiger partial charge on any atom is 0.227 e. The minimum absolute atomic E-state index is 0.0110. The molecule has 1 amide bonds. The molecule has 4 rings (SSSR count). The Labute approximate surface area is 144 Å². The van der Waals surface area contributed by atoms with Gasteiger partial charge in [0, 0.05) is 35.8 Å². The summed E-state index contributed by atoms with van der Waals surface area (Å²) < 4.78 is 15.7. The Morgan fingerprint density at radius 2 is 2.17 bits per heavy atom. The molecule has 7 heteroatoms. The van der Waals surface area contributed by atoms with Gasteiger partial charge in [0.25, 0.3) is 0 Å². The first-order valence-corrected chi connectivity index (χ1v) is 8.62. The summed E-state index contributed by atoms with van der Waals surface area (Å²) in [6.45, 7) is 1.23. The Hall–Kier alpha value is -1.95. The lowest BCUT2D eigenvalue weighted by Crippen LogP contribution is -2.30. The predicted molar refractivity (Wildman–Crippen MR) is 87.3 cm³/mol. The predicted octanol–water partition coefficient (Wildman–Crippen LogP) is 2.96. The second kappa shape index (κ2) is 6.16. The SMILES string of the molecule is O=C(Cc1c(F)cccc1Cl)N1CCC(n2cc(C3CC3)nn2)C1. The lowest BCUT2D eigenvalue weighted by Gasteiger charge is -2.17. The molecule has 2 aliphatic rings. The third-order valence-electron chi connectivity index (χ3n) is 4.80. The van der Waals surface area contributed by atoms with E-state index in [-0.39, 0.29) is 23.9 Å². The first-order valence-electron chi connectivity index (χ1n) is 8.24. The summed E-state index contributed by atoms with van der Waals surface area (Å²) in [5.41, 5.74) is 1.32. The van der Waals surface area contributed by atoms with Gasteiger partial charge in [-0.3, -0.25) is 4.79 Å². The number of rotatable bonds is 4. The van der Waals surface area contributed by atoms with Gasteiger partial charge in [-0.2, -0.15) is 0 Å². The smallest absolute Gasteiger partial charge is 0.227 e. The monoisotopic (exact) mass is 348 g/mol. The molecule has 5 nitrogen and oxygen atoms in total. The van der Waals surface area contributed by atoms with E-state index >= 15 is 0 Å². The van der Waals surface area contributed by atoms with E-state index < -0.39 is 5.82 Å². The summed E-state index contributed by atoms with van der Waals surface area (Å²) in [6, 6.07) is 4.62. The molecule has 1 aliphatic heterocycles. The highest BCUT2D eigenvalue weighted by Gasteiger charge is 2.31. The molecular weight excluding hydrogens is 331 g/mol. The number of likely N-dealkylation sites (tertiary alicyclic amines) is 1. The highest BCUT2D eigenvalue weighted by molar-refractivity contribution is 6.31. The highest BCUT2D eigenvalue weighted by atomic mass is 35.5. The van der Waals surface area contributed by atoms with Crippen LogP contribution in [0.1, 0.15) is 42.5 Å². The number of nitrogens with zero attached hydrogens (tertiary/aromatic N) is 4. The number of aromatic nitrogens is 3. The molecule has 1 saturated heterocycles. The molecule has 0 bridgehead atoms. The summed E-state index contributed by atoms with van der Waals surface area (Å²) in [6.07, 6.45) is 5.21. The second-order valence-electron chi connectivity index (χ2n) is 6.56. The van der Waals surface area contributed by atoms with Crippen LogP contribution in [0.2, 0.25) is 5.02 Å². The molecule has 0 radical (unpaired) electrons. The van der Waals surface area contributed by atoms with Gasteiger partial charge >= 0.3 is 0 Å². The number of hydrogen-bond acceptors (Lipinski definition) is 3. The van der Waals surface area contributed by atoms with Crippen molar-refractivity contribution in [3.05, 3.63) is 46.5 Å². The summed E-state index contributed by atoms with van der Waals surface area (Å²) in [4.78, 5) is 14.2. The summed E-state index contributed by atoms with van der Waals surface area (Å²) in [5, 5.41) is 8.73. The molecule has 1 saturated carbocycles. The number of amides is 1. The van der Waals surface area contributed by atoms with Gasteiger partial charge in [0.15, 0.2) is 0 Å². The largest absolute Gasteiger partial charge is 0.340 e. The Morgan fingerprint density at radius 3 is 2.92 bits per heavy atom. The molecule has 0 spiro atoms. The Balaban J connectivity index is 1.41. The normalized spacial score (nSPS) is 20.6. The average Bonchev–Trinajstić information content (AvgIpc) is 3.10. The van der Waals surface area contributed by atoms with Crippen LogP contribution in [0.3, 0.4) is 0 Å². The number of carbonyl (C=O) groups is 1. The maximum absolute atomic E-state index is 13.8. The van der Waals surface area contributed by atoms with Gasteiger partial charge in [-0.15, -0.1) is 5.10 Å². The number of carbonyl (C=O) groups excluding carboxylic acids is 1. The van der Waals surface area contributed by atoms with Crippen molar-refractivity contribution in [3.8, 4) is 0 Å². The lowest BCUT2D eigenvalue weighted by atomic mass is 10.1. The third-order valence-corrected chi connectivity index (χ3v) is 5.16. The summed E-state index contributed by atoms with van der Waals surface area (Å²) in [7, 11) is 0. The molecule has 2 aromatic rings. The Kier molecular flexibility index (Phi) is 4.00. The second-order valence-corrected chi connectivity index (χ2v) is 6.96. The molecule has 126 valence electrons. The maximum atomic E-state index is 13.8. The van der Waals surface area contributed by atoms with Crippen LogP contribution in [0.4, 0.5) is 4.39 Å². The molecule has 1 aromatic carbocycles. The van der Waals surface area contributed by atoms with Crippen molar-refractivity contribution in [1.82, 2.24) is 19.9 Å². The topological polar surface area (TPSA) is 51.0 Å². The zero-order valence-corrected chi connectivity index (χ0v) is 13.9. The highest BCUT2D eigenvalue weighted by Crippen LogP contribution is 2.39. The van der Waals surface area contributed by atoms with Crippen LogP contribution in [0.5, 0.6) is 0 Å². The van der Waals surface area contributed by atoms with Gasteiger partial charge in [-0.05, 0) is 31.4 Å². The fourth-order valence-electron chi connectivity index (χ4n) is 3.18. The van der Waals surface area contributed by atoms with E-state index in [1.165, 1.54) is 18.9 Å². The van der Waals surface area contributed by atoms with Crippen molar-refractivity contribution in [3.63, 3.8) is 0 Å². The van der Waals surface area contributed by atoms with E-state index in [0.717, 1.165) is 12.1 Å². The van der Waals surface area contributed by atoms with Crippen LogP contribution in [0.15, 0.2) is 24.4 Å². The van der Waals surface area contributed by atoms with Gasteiger partial charge < -0.3 is 4.90 Å². The molecule has 1 unspecified atom stereocenters. The first-order chi connectivity index (χ1) is 11.6. The Morgan fingerprint density at radius 1 is 1.33 bits per heavy atom. The first kappa shape index (κ1) is 15.6. The molecule has 0 N–H and O–H groups in total. The number of hydrogen-bond donors (Lipinski definition) is 0. The molecular formula is C17H18ClFN4O. The fourth-order valence-corrected chi connectivity index (χ4v) is 3.41. The number of halogens is 2. The van der Waals surface area contributed by atoms with Crippen LogP contribution in [0, 0.1) is 5.82 Å². The standard InChI is InChI=1S/C17H18ClFN4O/c18-14-2-1-3-15(19)13(14)8-17(24)22-7-6-12(9-22)23-10-16(20-21-23)11-4-5-11/h1-3,10-12H,4-9H2. The quantitative estimate of drug-likeness (QED) is 0.853. The number of benzene rings is 1. The molecule has 2 heterocycles. The van der Waals surface area contributed by atoms with Gasteiger partial charge in [0.1, 0.15) is 5.82 Å². The van der Waals surface area contributed by atoms with Crippen molar-refractivity contribution >= 4 is 17.5 Å². The van der Waals surface area contributed by atoms with Gasteiger partial charge in [-0.25, -0.2) is 9.07 Å². The van der Waals surface area contributed by atoms with Crippen molar-refractivity contribution < 1.29 is 9.18 Å². The van der Waals surface area contributed by atoms with Gasteiger partial charge in [0.2, 0.25) is 5.91 Å². The van der Waals surface area contributed by atoms with Gasteiger partial charge in [0.05, 0.1) is 18.2 Å². The van der Waals surface area contributed by atoms with E-state index in [2.05, 4.69) is 10.3 Å². The van der Waals surface area contributed by atoms with E-state index in [0.29, 0.717) is 24.0 Å². The average molecular weight is 349 g/mol. The molecule has 1 aliphatic carbocycles. The van der Waals surface area contributed by atoms with E-state index in [4.69, 9.17) is 11.6 Å². The van der Waals surface area contributed by atoms with Crippen molar-refractivity contribution in [2.45, 2.75) is 37.6 Å². The van der Waals surface area contributed by atoms with Crippen molar-refractivity contribution in [2.24, 2.45) is 0 Å². The third kappa shape index (κ3) is 3.02. The molecule has 2 fully saturated rings. The van der Waals surface area contributed by atoms with E-state index in [1.807, 2.05) is 10.9 Å². The van der Waals surface area contributed by atoms with Crippen LogP contribution in [-0.4, -0.2) is 38.9 Å². The summed E-state index contributed by atoms with van der Waals surface area (Å²) in [5.74, 6) is 0.0325. The zero-order chi connectivity index (χ0) is 16.7. The summed E-state index contributed by atoms with van der Waals surface area (Å²) >= 11 is 6.01. The van der Waals surface area contributed by atoms with E-state index in [9.17, 15) is 9.18 Å². The fraction of sp³-hybridized carbons (Fsp3) is 0.471. The van der Waals surface area contributed by atoms with Crippen molar-refractivity contribution in [2.75, 3.05) is 13.1 Å². The molecule has 24 heavy (non-hydrogen) atoms. The molecule has 1 aromatic heterocycles.